The molecule has 10 heteroatoms. The van der Waals surface area contributed by atoms with Crippen molar-refractivity contribution in [2.75, 3.05) is 6.54 Å². The Morgan fingerprint density at radius 3 is 2.58 bits per heavy atom. The van der Waals surface area contributed by atoms with Gasteiger partial charge in [-0.15, -0.1) is 0 Å². The smallest absolute Gasteiger partial charge is 0.289 e. The Kier molecular flexibility index (Phi) is 6.30. The van der Waals surface area contributed by atoms with E-state index in [0.717, 1.165) is 29.3 Å². The average Bonchev–Trinajstić information content (AvgIpc) is 2.59. The monoisotopic (exact) mass is 397 g/mol. The Hall–Kier alpha value is -2.49. The van der Waals surface area contributed by atoms with Gasteiger partial charge in [0.2, 0.25) is 15.9 Å². The second-order valence-corrected chi connectivity index (χ2v) is 7.57. The van der Waals surface area contributed by atoms with E-state index in [1.54, 1.807) is 0 Å². The quantitative estimate of drug-likeness (QED) is 0.548. The zero-order chi connectivity index (χ0) is 19.3. The SMILES string of the molecule is Cc1ccccc1CNC(=O)CNS(=O)(=O)c1ccc(Cl)c([N+](=O)[O-])c1. The molecular formula is C16H16ClN3O5S. The fraction of sp³-hybridized carbons (Fsp3) is 0.188. The second-order valence-electron chi connectivity index (χ2n) is 5.40. The van der Waals surface area contributed by atoms with Gasteiger partial charge in [-0.25, -0.2) is 13.1 Å². The molecule has 0 saturated heterocycles. The Bertz CT molecular complexity index is 947. The van der Waals surface area contributed by atoms with Crippen LogP contribution in [0, 0.1) is 17.0 Å². The molecule has 138 valence electrons. The number of carbonyl (C=O) groups is 1. The van der Waals surface area contributed by atoms with Crippen LogP contribution in [-0.4, -0.2) is 25.8 Å². The van der Waals surface area contributed by atoms with E-state index in [-0.39, 0.29) is 16.5 Å². The first-order chi connectivity index (χ1) is 12.2. The van der Waals surface area contributed by atoms with Crippen molar-refractivity contribution in [1.29, 1.82) is 0 Å². The first-order valence-corrected chi connectivity index (χ1v) is 9.31. The molecule has 0 aliphatic carbocycles. The number of hydrogen-bond donors (Lipinski definition) is 2. The fourth-order valence-electron chi connectivity index (χ4n) is 2.11. The molecule has 0 saturated carbocycles. The van der Waals surface area contributed by atoms with Gasteiger partial charge in [-0.3, -0.25) is 14.9 Å². The molecule has 0 unspecified atom stereocenters. The summed E-state index contributed by atoms with van der Waals surface area (Å²) in [4.78, 5) is 21.6. The summed E-state index contributed by atoms with van der Waals surface area (Å²) in [5, 5.41) is 13.3. The third-order valence-electron chi connectivity index (χ3n) is 3.58. The number of nitro groups is 1. The van der Waals surface area contributed by atoms with Crippen LogP contribution in [0.2, 0.25) is 5.02 Å². The molecule has 26 heavy (non-hydrogen) atoms. The normalized spacial score (nSPS) is 11.2. The molecule has 0 heterocycles. The van der Waals surface area contributed by atoms with E-state index in [0.29, 0.717) is 0 Å². The Morgan fingerprint density at radius 2 is 1.92 bits per heavy atom. The third kappa shape index (κ3) is 5.01. The first kappa shape index (κ1) is 19.8. The summed E-state index contributed by atoms with van der Waals surface area (Å²) in [5.74, 6) is -0.528. The van der Waals surface area contributed by atoms with Crippen LogP contribution >= 0.6 is 11.6 Å². The Labute approximate surface area is 155 Å². The highest BCUT2D eigenvalue weighted by Crippen LogP contribution is 2.26. The topological polar surface area (TPSA) is 118 Å². The molecule has 0 aromatic heterocycles. The summed E-state index contributed by atoms with van der Waals surface area (Å²) in [6.07, 6.45) is 0. The minimum Gasteiger partial charge on any atom is -0.351 e. The maximum atomic E-state index is 12.2. The third-order valence-corrected chi connectivity index (χ3v) is 5.30. The van der Waals surface area contributed by atoms with Crippen molar-refractivity contribution in [3.05, 3.63) is 68.7 Å². The van der Waals surface area contributed by atoms with Crippen LogP contribution in [0.3, 0.4) is 0 Å². The van der Waals surface area contributed by atoms with Crippen molar-refractivity contribution in [2.45, 2.75) is 18.4 Å². The van der Waals surface area contributed by atoms with E-state index in [9.17, 15) is 23.3 Å². The van der Waals surface area contributed by atoms with Crippen LogP contribution in [0.4, 0.5) is 5.69 Å². The maximum absolute atomic E-state index is 12.2. The fourth-order valence-corrected chi connectivity index (χ4v) is 3.30. The molecule has 0 radical (unpaired) electrons. The summed E-state index contributed by atoms with van der Waals surface area (Å²) in [7, 11) is -4.09. The summed E-state index contributed by atoms with van der Waals surface area (Å²) >= 11 is 5.66. The van der Waals surface area contributed by atoms with Gasteiger partial charge in [0.05, 0.1) is 16.4 Å². The van der Waals surface area contributed by atoms with Gasteiger partial charge >= 0.3 is 0 Å². The molecule has 2 N–H and O–H groups in total. The minimum absolute atomic E-state index is 0.176. The summed E-state index contributed by atoms with van der Waals surface area (Å²) < 4.78 is 26.5. The van der Waals surface area contributed by atoms with Gasteiger partial charge in [0, 0.05) is 12.6 Å². The summed E-state index contributed by atoms with van der Waals surface area (Å²) in [6.45, 7) is 1.67. The number of rotatable bonds is 7. The zero-order valence-electron chi connectivity index (χ0n) is 13.7. The number of nitrogens with one attached hydrogen (secondary N) is 2. The number of amides is 1. The van der Waals surface area contributed by atoms with E-state index < -0.39 is 33.1 Å². The van der Waals surface area contributed by atoms with Crippen molar-refractivity contribution in [3.63, 3.8) is 0 Å². The highest BCUT2D eigenvalue weighted by Gasteiger charge is 2.21. The molecule has 0 aliphatic rings. The van der Waals surface area contributed by atoms with Crippen molar-refractivity contribution >= 4 is 33.2 Å². The molecule has 2 aromatic rings. The number of carbonyl (C=O) groups excluding carboxylic acids is 1. The van der Waals surface area contributed by atoms with E-state index >= 15 is 0 Å². The van der Waals surface area contributed by atoms with E-state index in [4.69, 9.17) is 11.6 Å². The van der Waals surface area contributed by atoms with E-state index in [1.165, 1.54) is 0 Å². The van der Waals surface area contributed by atoms with E-state index in [1.807, 2.05) is 31.2 Å². The maximum Gasteiger partial charge on any atom is 0.289 e. The lowest BCUT2D eigenvalue weighted by Crippen LogP contribution is -2.36. The van der Waals surface area contributed by atoms with Gasteiger partial charge in [-0.2, -0.15) is 0 Å². The molecule has 2 aromatic carbocycles. The second kappa shape index (κ2) is 8.26. The first-order valence-electron chi connectivity index (χ1n) is 7.45. The molecule has 0 spiro atoms. The van der Waals surface area contributed by atoms with Crippen LogP contribution in [0.1, 0.15) is 11.1 Å². The van der Waals surface area contributed by atoms with Gasteiger partial charge in [-0.05, 0) is 30.2 Å². The Balaban J connectivity index is 1.99. The molecule has 2 rings (SSSR count). The number of aryl methyl sites for hydroxylation is 1. The minimum atomic E-state index is -4.09. The molecule has 1 amide bonds. The molecule has 0 aliphatic heterocycles. The number of halogens is 1. The summed E-state index contributed by atoms with van der Waals surface area (Å²) in [5.41, 5.74) is 1.39. The molecular weight excluding hydrogens is 382 g/mol. The van der Waals surface area contributed by atoms with Gasteiger partial charge in [0.15, 0.2) is 0 Å². The van der Waals surface area contributed by atoms with Crippen LogP contribution in [0.5, 0.6) is 0 Å². The number of nitro benzene ring substituents is 1. The average molecular weight is 398 g/mol. The van der Waals surface area contributed by atoms with E-state index in [2.05, 4.69) is 10.0 Å². The number of sulfonamides is 1. The van der Waals surface area contributed by atoms with Gasteiger partial charge < -0.3 is 5.32 Å². The van der Waals surface area contributed by atoms with Gasteiger partial charge in [-0.1, -0.05) is 35.9 Å². The molecule has 8 nitrogen and oxygen atoms in total. The van der Waals surface area contributed by atoms with Crippen molar-refractivity contribution < 1.29 is 18.1 Å². The molecule has 0 bridgehead atoms. The highest BCUT2D eigenvalue weighted by molar-refractivity contribution is 7.89. The van der Waals surface area contributed by atoms with Crippen LogP contribution in [-0.2, 0) is 21.4 Å². The van der Waals surface area contributed by atoms with Crippen LogP contribution < -0.4 is 10.0 Å². The van der Waals surface area contributed by atoms with Gasteiger partial charge in [0.25, 0.3) is 5.69 Å². The number of benzene rings is 2. The largest absolute Gasteiger partial charge is 0.351 e. The van der Waals surface area contributed by atoms with Crippen LogP contribution in [0.15, 0.2) is 47.4 Å². The number of nitrogens with zero attached hydrogens (tertiary/aromatic N) is 1. The lowest BCUT2D eigenvalue weighted by Gasteiger charge is -2.09. The standard InChI is InChI=1S/C16H16ClN3O5S/c1-11-4-2-3-5-12(11)9-18-16(21)10-19-26(24,25)13-6-7-14(17)15(8-13)20(22)23/h2-8,19H,9-10H2,1H3,(H,18,21). The lowest BCUT2D eigenvalue weighted by molar-refractivity contribution is -0.384. The van der Waals surface area contributed by atoms with Crippen molar-refractivity contribution in [2.24, 2.45) is 0 Å². The molecule has 0 fully saturated rings. The van der Waals surface area contributed by atoms with Gasteiger partial charge in [0.1, 0.15) is 5.02 Å². The summed E-state index contributed by atoms with van der Waals surface area (Å²) in [6, 6.07) is 10.6. The predicted octanol–water partition coefficient (Wildman–Crippen LogP) is 2.15. The number of hydrogen-bond acceptors (Lipinski definition) is 5. The highest BCUT2D eigenvalue weighted by atomic mass is 35.5. The Morgan fingerprint density at radius 1 is 1.23 bits per heavy atom. The zero-order valence-corrected chi connectivity index (χ0v) is 15.3. The van der Waals surface area contributed by atoms with Crippen molar-refractivity contribution in [1.82, 2.24) is 10.0 Å². The van der Waals surface area contributed by atoms with Crippen molar-refractivity contribution in [3.8, 4) is 0 Å². The predicted molar refractivity (Wildman–Crippen MR) is 96.3 cm³/mol. The molecule has 0 atom stereocenters. The van der Waals surface area contributed by atoms with Crippen LogP contribution in [0.25, 0.3) is 0 Å². The lowest BCUT2D eigenvalue weighted by atomic mass is 10.1.